The second-order valence-electron chi connectivity index (χ2n) is 4.31. The summed E-state index contributed by atoms with van der Waals surface area (Å²) >= 11 is 8.88. The van der Waals surface area contributed by atoms with Crippen molar-refractivity contribution in [2.45, 2.75) is 0 Å². The third kappa shape index (κ3) is 2.43. The summed E-state index contributed by atoms with van der Waals surface area (Å²) in [6.45, 7) is 0. The average Bonchev–Trinajstić information content (AvgIpc) is 2.81. The van der Waals surface area contributed by atoms with Crippen molar-refractivity contribution in [3.8, 4) is 17.3 Å². The fraction of sp³-hybridized carbons (Fsp3) is 0.143. The van der Waals surface area contributed by atoms with Crippen LogP contribution in [0.2, 0.25) is 0 Å². The Balaban J connectivity index is 2.26. The molecule has 108 valence electrons. The van der Waals surface area contributed by atoms with Crippen molar-refractivity contribution < 1.29 is 9.47 Å². The third-order valence-corrected chi connectivity index (χ3v) is 4.01. The summed E-state index contributed by atoms with van der Waals surface area (Å²) < 4.78 is 13.7. The smallest absolute Gasteiger partial charge is 0.215 e. The summed E-state index contributed by atoms with van der Waals surface area (Å²) in [6.07, 6.45) is 0. The first-order valence-electron chi connectivity index (χ1n) is 6.13. The second-order valence-corrected chi connectivity index (χ2v) is 5.55. The molecule has 0 fully saturated rings. The number of hydrogen-bond donors (Lipinski definition) is 1. The normalized spacial score (nSPS) is 10.8. The van der Waals surface area contributed by atoms with Gasteiger partial charge in [0.05, 0.1) is 29.9 Å². The summed E-state index contributed by atoms with van der Waals surface area (Å²) in [5.74, 6) is 1.30. The summed E-state index contributed by atoms with van der Waals surface area (Å²) in [4.78, 5) is 7.60. The van der Waals surface area contributed by atoms with Gasteiger partial charge >= 0.3 is 0 Å². The SMILES string of the molecule is COc1ccc2[nH]c(=S)n(-c3ccc(OC)c(Br)c3)c2n1. The lowest BCUT2D eigenvalue weighted by Gasteiger charge is -2.08. The Morgan fingerprint density at radius 1 is 1.19 bits per heavy atom. The first-order chi connectivity index (χ1) is 10.1. The summed E-state index contributed by atoms with van der Waals surface area (Å²) in [5.41, 5.74) is 2.46. The van der Waals surface area contributed by atoms with E-state index in [9.17, 15) is 0 Å². The van der Waals surface area contributed by atoms with Crippen molar-refractivity contribution in [1.82, 2.24) is 14.5 Å². The van der Waals surface area contributed by atoms with E-state index in [0.29, 0.717) is 10.7 Å². The van der Waals surface area contributed by atoms with E-state index < -0.39 is 0 Å². The van der Waals surface area contributed by atoms with E-state index in [1.165, 1.54) is 0 Å². The molecule has 0 unspecified atom stereocenters. The van der Waals surface area contributed by atoms with E-state index in [-0.39, 0.29) is 0 Å². The van der Waals surface area contributed by atoms with Crippen LogP contribution in [0.4, 0.5) is 0 Å². The molecule has 2 heterocycles. The van der Waals surface area contributed by atoms with Crippen LogP contribution in [0.1, 0.15) is 0 Å². The third-order valence-electron chi connectivity index (χ3n) is 3.11. The second kappa shape index (κ2) is 5.50. The topological polar surface area (TPSA) is 52.1 Å². The monoisotopic (exact) mass is 365 g/mol. The quantitative estimate of drug-likeness (QED) is 0.716. The molecule has 5 nitrogen and oxygen atoms in total. The number of rotatable bonds is 3. The number of fused-ring (bicyclic) bond motifs is 1. The van der Waals surface area contributed by atoms with E-state index in [4.69, 9.17) is 21.7 Å². The molecule has 0 saturated heterocycles. The molecule has 0 aliphatic carbocycles. The Morgan fingerprint density at radius 2 is 2.00 bits per heavy atom. The highest BCUT2D eigenvalue weighted by Crippen LogP contribution is 2.29. The maximum atomic E-state index is 5.40. The predicted molar refractivity (Wildman–Crippen MR) is 87.1 cm³/mol. The molecule has 0 spiro atoms. The number of imidazole rings is 1. The summed E-state index contributed by atoms with van der Waals surface area (Å²) in [6, 6.07) is 9.42. The zero-order chi connectivity index (χ0) is 15.0. The van der Waals surface area contributed by atoms with E-state index in [2.05, 4.69) is 25.9 Å². The van der Waals surface area contributed by atoms with E-state index >= 15 is 0 Å². The molecule has 3 aromatic rings. The lowest BCUT2D eigenvalue weighted by molar-refractivity contribution is 0.399. The number of nitrogens with zero attached hydrogens (tertiary/aromatic N) is 2. The van der Waals surface area contributed by atoms with Gasteiger partial charge < -0.3 is 14.5 Å². The molecule has 1 aromatic carbocycles. The number of pyridine rings is 1. The number of ether oxygens (including phenoxy) is 2. The zero-order valence-electron chi connectivity index (χ0n) is 11.4. The minimum Gasteiger partial charge on any atom is -0.496 e. The Kier molecular flexibility index (Phi) is 3.69. The van der Waals surface area contributed by atoms with Crippen molar-refractivity contribution in [1.29, 1.82) is 0 Å². The van der Waals surface area contributed by atoms with Crippen LogP contribution in [0.25, 0.3) is 16.9 Å². The van der Waals surface area contributed by atoms with Crippen LogP contribution in [0, 0.1) is 4.77 Å². The molecule has 0 aliphatic rings. The van der Waals surface area contributed by atoms with Gasteiger partial charge in [-0.25, -0.2) is 0 Å². The van der Waals surface area contributed by atoms with Crippen molar-refractivity contribution in [3.63, 3.8) is 0 Å². The van der Waals surface area contributed by atoms with E-state index in [1.807, 2.05) is 28.8 Å². The number of nitrogens with one attached hydrogen (secondary N) is 1. The number of halogens is 1. The summed E-state index contributed by atoms with van der Waals surface area (Å²) in [5, 5.41) is 0. The fourth-order valence-corrected chi connectivity index (χ4v) is 2.94. The Morgan fingerprint density at radius 3 is 2.67 bits per heavy atom. The Labute approximate surface area is 134 Å². The fourth-order valence-electron chi connectivity index (χ4n) is 2.11. The van der Waals surface area contributed by atoms with Crippen LogP contribution in [0.5, 0.6) is 11.6 Å². The molecule has 0 saturated carbocycles. The molecule has 2 aromatic heterocycles. The van der Waals surface area contributed by atoms with Gasteiger partial charge in [0.1, 0.15) is 5.75 Å². The van der Waals surface area contributed by atoms with Gasteiger partial charge in [-0.1, -0.05) is 0 Å². The van der Waals surface area contributed by atoms with Crippen molar-refractivity contribution in [2.24, 2.45) is 0 Å². The van der Waals surface area contributed by atoms with Crippen LogP contribution in [0.3, 0.4) is 0 Å². The van der Waals surface area contributed by atoms with Gasteiger partial charge in [-0.3, -0.25) is 4.57 Å². The predicted octanol–water partition coefficient (Wildman–Crippen LogP) is 3.86. The highest BCUT2D eigenvalue weighted by molar-refractivity contribution is 9.10. The molecule has 21 heavy (non-hydrogen) atoms. The van der Waals surface area contributed by atoms with Gasteiger partial charge in [0.2, 0.25) is 5.88 Å². The summed E-state index contributed by atoms with van der Waals surface area (Å²) in [7, 11) is 3.22. The van der Waals surface area contributed by atoms with E-state index in [1.54, 1.807) is 20.3 Å². The number of methoxy groups -OCH3 is 2. The van der Waals surface area contributed by atoms with Crippen molar-refractivity contribution >= 4 is 39.3 Å². The molecular weight excluding hydrogens is 354 g/mol. The molecule has 0 aliphatic heterocycles. The largest absolute Gasteiger partial charge is 0.496 e. The molecule has 0 bridgehead atoms. The Bertz CT molecular complexity index is 872. The standard InChI is InChI=1S/C14H12BrN3O2S/c1-19-11-5-3-8(7-9(11)15)18-13-10(16-14(18)21)4-6-12(17-13)20-2/h3-7H,1-2H3,(H,16,21). The molecular formula is C14H12BrN3O2S. The molecule has 3 rings (SSSR count). The van der Waals surface area contributed by atoms with Gasteiger partial charge in [-0.2, -0.15) is 4.98 Å². The van der Waals surface area contributed by atoms with Gasteiger partial charge in [0, 0.05) is 6.07 Å². The van der Waals surface area contributed by atoms with Crippen LogP contribution in [0.15, 0.2) is 34.8 Å². The maximum Gasteiger partial charge on any atom is 0.215 e. The van der Waals surface area contributed by atoms with Crippen molar-refractivity contribution in [3.05, 3.63) is 39.6 Å². The molecule has 7 heteroatoms. The van der Waals surface area contributed by atoms with E-state index in [0.717, 1.165) is 27.1 Å². The number of aromatic amines is 1. The van der Waals surface area contributed by atoms with Crippen LogP contribution >= 0.6 is 28.1 Å². The van der Waals surface area contributed by atoms with Gasteiger partial charge in [0.15, 0.2) is 10.4 Å². The molecule has 0 amide bonds. The number of H-pyrrole nitrogens is 1. The van der Waals surface area contributed by atoms with Crippen LogP contribution < -0.4 is 9.47 Å². The average molecular weight is 366 g/mol. The highest BCUT2D eigenvalue weighted by Gasteiger charge is 2.11. The minimum atomic E-state index is 0.540. The van der Waals surface area contributed by atoms with Gasteiger partial charge in [-0.05, 0) is 52.4 Å². The molecule has 0 atom stereocenters. The lowest BCUT2D eigenvalue weighted by Crippen LogP contribution is -1.97. The Hall–Kier alpha value is -1.86. The first kappa shape index (κ1) is 14.1. The zero-order valence-corrected chi connectivity index (χ0v) is 13.8. The number of benzene rings is 1. The minimum absolute atomic E-state index is 0.540. The highest BCUT2D eigenvalue weighted by atomic mass is 79.9. The maximum absolute atomic E-state index is 5.40. The number of aromatic nitrogens is 3. The molecule has 0 radical (unpaired) electrons. The molecule has 1 N–H and O–H groups in total. The van der Waals surface area contributed by atoms with Crippen molar-refractivity contribution in [2.75, 3.05) is 14.2 Å². The van der Waals surface area contributed by atoms with Gasteiger partial charge in [0.25, 0.3) is 0 Å². The number of hydrogen-bond acceptors (Lipinski definition) is 4. The van der Waals surface area contributed by atoms with Gasteiger partial charge in [-0.15, -0.1) is 0 Å². The van der Waals surface area contributed by atoms with Crippen LogP contribution in [-0.4, -0.2) is 28.8 Å². The lowest BCUT2D eigenvalue weighted by atomic mass is 10.3. The van der Waals surface area contributed by atoms with Crippen LogP contribution in [-0.2, 0) is 0 Å². The first-order valence-corrected chi connectivity index (χ1v) is 7.34.